The van der Waals surface area contributed by atoms with Crippen LogP contribution in [-0.2, 0) is 38.0 Å². The van der Waals surface area contributed by atoms with Crippen molar-refractivity contribution in [3.8, 4) is 11.5 Å². The summed E-state index contributed by atoms with van der Waals surface area (Å²) in [5.74, 6) is -19.3. The Hall–Kier alpha value is -3.42. The number of hydrogen-bond acceptors (Lipinski definition) is 10. The summed E-state index contributed by atoms with van der Waals surface area (Å²) in [6, 6.07) is -0.0170. The zero-order chi connectivity index (χ0) is 33.9. The summed E-state index contributed by atoms with van der Waals surface area (Å²) in [6.07, 6.45) is -0.868. The van der Waals surface area contributed by atoms with Crippen LogP contribution in [0.2, 0.25) is 0 Å². The topological polar surface area (TPSA) is 108 Å². The normalized spacial score (nSPS) is 11.2. The molecule has 258 valence electrons. The Labute approximate surface area is 257 Å². The van der Waals surface area contributed by atoms with Gasteiger partial charge < -0.3 is 37.9 Å². The molecule has 0 heterocycles. The first-order valence-electron chi connectivity index (χ1n) is 13.6. The molecule has 0 amide bonds. The van der Waals surface area contributed by atoms with Gasteiger partial charge in [-0.15, -0.1) is 0 Å². The second kappa shape index (κ2) is 21.4. The maximum Gasteiger partial charge on any atom is 0.313 e. The third kappa shape index (κ3) is 13.9. The number of benzene rings is 2. The van der Waals surface area contributed by atoms with Gasteiger partial charge in [0.15, 0.2) is 23.3 Å². The van der Waals surface area contributed by atoms with E-state index in [1.165, 1.54) is 0 Å². The highest BCUT2D eigenvalue weighted by atomic mass is 19.2. The highest BCUT2D eigenvalue weighted by Crippen LogP contribution is 2.27. The average Bonchev–Trinajstić information content (AvgIpc) is 3.02. The summed E-state index contributed by atoms with van der Waals surface area (Å²) in [4.78, 5) is 23.2. The molecule has 0 aromatic heterocycles. The standard InChI is InChI=1S/C28H30F8O10/c29-17-15-18(30)24(34)27(23(17)33)45-21(37)1-3-39-5-7-41-9-11-43-13-14-44-12-10-42-8-6-40-4-2-22(38)46-28-25(35)19(31)16-20(32)26(28)36/h15-16H,1-14H2. The minimum absolute atomic E-state index is 0.00849. The van der Waals surface area contributed by atoms with E-state index in [-0.39, 0.29) is 91.4 Å². The van der Waals surface area contributed by atoms with Gasteiger partial charge in [0, 0.05) is 12.1 Å². The van der Waals surface area contributed by atoms with Crippen molar-refractivity contribution in [2.24, 2.45) is 0 Å². The van der Waals surface area contributed by atoms with E-state index >= 15 is 0 Å². The Balaban J connectivity index is 1.34. The molecule has 2 aromatic rings. The van der Waals surface area contributed by atoms with Gasteiger partial charge in [0.1, 0.15) is 0 Å². The van der Waals surface area contributed by atoms with Gasteiger partial charge in [0.05, 0.1) is 92.1 Å². The van der Waals surface area contributed by atoms with Gasteiger partial charge in [0.25, 0.3) is 0 Å². The molecule has 2 aromatic carbocycles. The molecule has 0 aliphatic heterocycles. The van der Waals surface area contributed by atoms with Crippen molar-refractivity contribution >= 4 is 11.9 Å². The summed E-state index contributed by atoms with van der Waals surface area (Å²) < 4.78 is 146. The van der Waals surface area contributed by atoms with Gasteiger partial charge in [-0.25, -0.2) is 17.6 Å². The number of hydrogen-bond donors (Lipinski definition) is 0. The monoisotopic (exact) mass is 678 g/mol. The number of esters is 2. The Morgan fingerprint density at radius 2 is 0.609 bits per heavy atom. The first-order valence-corrected chi connectivity index (χ1v) is 13.6. The molecule has 0 aliphatic carbocycles. The second-order valence-corrected chi connectivity index (χ2v) is 8.72. The fourth-order valence-corrected chi connectivity index (χ4v) is 3.12. The molecule has 0 aliphatic rings. The van der Waals surface area contributed by atoms with Crippen LogP contribution < -0.4 is 9.47 Å². The quantitative estimate of drug-likeness (QED) is 0.0559. The van der Waals surface area contributed by atoms with Crippen molar-refractivity contribution in [3.63, 3.8) is 0 Å². The van der Waals surface area contributed by atoms with Crippen LogP contribution in [-0.4, -0.2) is 91.2 Å². The van der Waals surface area contributed by atoms with Gasteiger partial charge in [-0.3, -0.25) is 9.59 Å². The number of rotatable bonds is 23. The molecule has 2 rings (SSSR count). The van der Waals surface area contributed by atoms with E-state index in [1.54, 1.807) is 0 Å². The second-order valence-electron chi connectivity index (χ2n) is 8.72. The molecule has 0 saturated heterocycles. The van der Waals surface area contributed by atoms with Gasteiger partial charge >= 0.3 is 11.9 Å². The van der Waals surface area contributed by atoms with Crippen molar-refractivity contribution in [2.45, 2.75) is 12.8 Å². The van der Waals surface area contributed by atoms with Crippen LogP contribution >= 0.6 is 0 Å². The van der Waals surface area contributed by atoms with Crippen LogP contribution in [0.15, 0.2) is 12.1 Å². The van der Waals surface area contributed by atoms with E-state index in [4.69, 9.17) is 28.4 Å². The van der Waals surface area contributed by atoms with Crippen LogP contribution in [0.4, 0.5) is 35.1 Å². The Kier molecular flexibility index (Phi) is 18.0. The Bertz CT molecular complexity index is 1120. The average molecular weight is 679 g/mol. The SMILES string of the molecule is O=C(CCOCCOCCOCCOCCOCCOCCC(=O)Oc1c(F)c(F)cc(F)c1F)Oc1c(F)c(F)cc(F)c1F. The minimum atomic E-state index is -1.82. The van der Waals surface area contributed by atoms with Gasteiger partial charge in [-0.2, -0.15) is 17.6 Å². The summed E-state index contributed by atoms with van der Waals surface area (Å²) in [5.41, 5.74) is 0. The predicted molar refractivity (Wildman–Crippen MR) is 138 cm³/mol. The molecular formula is C28H30F8O10. The highest BCUT2D eigenvalue weighted by molar-refractivity contribution is 5.73. The Morgan fingerprint density at radius 3 is 0.848 bits per heavy atom. The van der Waals surface area contributed by atoms with Crippen molar-refractivity contribution in [1.29, 1.82) is 0 Å². The van der Waals surface area contributed by atoms with Crippen LogP contribution in [0.1, 0.15) is 12.8 Å². The molecule has 46 heavy (non-hydrogen) atoms. The van der Waals surface area contributed by atoms with Crippen LogP contribution in [0.5, 0.6) is 11.5 Å². The van der Waals surface area contributed by atoms with Crippen LogP contribution in [0.3, 0.4) is 0 Å². The largest absolute Gasteiger partial charge is 0.420 e. The number of ether oxygens (including phenoxy) is 8. The first-order chi connectivity index (χ1) is 22.0. The number of carbonyl (C=O) groups excluding carboxylic acids is 2. The number of carbonyl (C=O) groups is 2. The van der Waals surface area contributed by atoms with E-state index < -0.39 is 82.8 Å². The van der Waals surface area contributed by atoms with E-state index in [0.717, 1.165) is 0 Å². The zero-order valence-electron chi connectivity index (χ0n) is 24.2. The van der Waals surface area contributed by atoms with Crippen molar-refractivity contribution in [1.82, 2.24) is 0 Å². The van der Waals surface area contributed by atoms with E-state index in [2.05, 4.69) is 9.47 Å². The molecule has 0 atom stereocenters. The molecule has 0 radical (unpaired) electrons. The van der Waals surface area contributed by atoms with Gasteiger partial charge in [-0.1, -0.05) is 0 Å². The first kappa shape index (κ1) is 38.8. The minimum Gasteiger partial charge on any atom is -0.420 e. The van der Waals surface area contributed by atoms with Gasteiger partial charge in [0.2, 0.25) is 34.8 Å². The predicted octanol–water partition coefficient (Wildman–Crippen LogP) is 4.19. The molecule has 0 saturated carbocycles. The lowest BCUT2D eigenvalue weighted by atomic mass is 10.3. The third-order valence-electron chi connectivity index (χ3n) is 5.34. The smallest absolute Gasteiger partial charge is 0.313 e. The molecule has 0 N–H and O–H groups in total. The lowest BCUT2D eigenvalue weighted by Crippen LogP contribution is -2.16. The van der Waals surface area contributed by atoms with Crippen molar-refractivity contribution in [3.05, 3.63) is 58.7 Å². The molecule has 0 unspecified atom stereocenters. The van der Waals surface area contributed by atoms with E-state index in [1.807, 2.05) is 0 Å². The summed E-state index contributed by atoms with van der Waals surface area (Å²) in [5, 5.41) is 0. The van der Waals surface area contributed by atoms with E-state index in [9.17, 15) is 44.7 Å². The fraction of sp³-hybridized carbons (Fsp3) is 0.500. The lowest BCUT2D eigenvalue weighted by molar-refractivity contribution is -0.137. The molecule has 0 bridgehead atoms. The molecule has 10 nitrogen and oxygen atoms in total. The van der Waals surface area contributed by atoms with Crippen LogP contribution in [0.25, 0.3) is 0 Å². The molecule has 0 fully saturated rings. The molecule has 0 spiro atoms. The van der Waals surface area contributed by atoms with Crippen molar-refractivity contribution in [2.75, 3.05) is 79.3 Å². The Morgan fingerprint density at radius 1 is 0.391 bits per heavy atom. The third-order valence-corrected chi connectivity index (χ3v) is 5.34. The van der Waals surface area contributed by atoms with Crippen molar-refractivity contribution < 1.29 is 82.6 Å². The molecular weight excluding hydrogens is 648 g/mol. The van der Waals surface area contributed by atoms with Gasteiger partial charge in [-0.05, 0) is 0 Å². The number of halogens is 8. The lowest BCUT2D eigenvalue weighted by Gasteiger charge is -2.09. The highest BCUT2D eigenvalue weighted by Gasteiger charge is 2.24. The van der Waals surface area contributed by atoms with E-state index in [0.29, 0.717) is 0 Å². The molecule has 18 heteroatoms. The fourth-order valence-electron chi connectivity index (χ4n) is 3.12. The summed E-state index contributed by atoms with van der Waals surface area (Å²) in [6.45, 7) is 1.56. The maximum absolute atomic E-state index is 13.5. The maximum atomic E-state index is 13.5. The zero-order valence-corrected chi connectivity index (χ0v) is 24.2. The summed E-state index contributed by atoms with van der Waals surface area (Å²) in [7, 11) is 0. The summed E-state index contributed by atoms with van der Waals surface area (Å²) >= 11 is 0. The van der Waals surface area contributed by atoms with Crippen LogP contribution in [0, 0.1) is 46.5 Å².